The van der Waals surface area contributed by atoms with Crippen LogP contribution in [0.3, 0.4) is 0 Å². The van der Waals surface area contributed by atoms with Gasteiger partial charge in [0.25, 0.3) is 0 Å². The summed E-state index contributed by atoms with van der Waals surface area (Å²) in [5, 5.41) is 2.54. The number of rotatable bonds is 5. The van der Waals surface area contributed by atoms with Crippen molar-refractivity contribution in [3.8, 4) is 0 Å². The molecule has 1 atom stereocenters. The van der Waals surface area contributed by atoms with Gasteiger partial charge in [-0.3, -0.25) is 14.5 Å². The molecule has 146 valence electrons. The molecule has 2 aromatic carbocycles. The Morgan fingerprint density at radius 1 is 1.21 bits per heavy atom. The van der Waals surface area contributed by atoms with Crippen LogP contribution in [0.15, 0.2) is 47.5 Å². The van der Waals surface area contributed by atoms with Gasteiger partial charge in [0.15, 0.2) is 5.17 Å². The van der Waals surface area contributed by atoms with Crippen LogP contribution in [0.4, 0.5) is 15.8 Å². The average Bonchev–Trinajstić information content (AvgIpc) is 2.90. The number of thioether (sulfide) groups is 1. The van der Waals surface area contributed by atoms with E-state index >= 15 is 0 Å². The van der Waals surface area contributed by atoms with Gasteiger partial charge in [-0.2, -0.15) is 0 Å². The fourth-order valence-corrected chi connectivity index (χ4v) is 4.30. The summed E-state index contributed by atoms with van der Waals surface area (Å²) in [5.74, 6) is -1.06. The Balaban J connectivity index is 1.75. The van der Waals surface area contributed by atoms with Gasteiger partial charge in [-0.25, -0.2) is 9.38 Å². The van der Waals surface area contributed by atoms with Crippen LogP contribution >= 0.6 is 11.8 Å². The Morgan fingerprint density at radius 2 is 1.89 bits per heavy atom. The molecule has 1 aliphatic rings. The molecule has 2 aromatic rings. The molecule has 1 saturated heterocycles. The standard InChI is InChI=1S/C21H22FN3O2S/c1-4-25-20(27)18(12-19(26)24-17-8-6-5-7-16(17)22)28-21(25)23-15-10-13(2)9-14(3)11-15/h5-11,18H,4,12H2,1-3H3,(H,24,26). The zero-order valence-electron chi connectivity index (χ0n) is 16.0. The second kappa shape index (κ2) is 8.56. The Kier molecular flexibility index (Phi) is 6.14. The molecule has 5 nitrogen and oxygen atoms in total. The first-order valence-electron chi connectivity index (χ1n) is 9.06. The normalized spacial score (nSPS) is 18.0. The lowest BCUT2D eigenvalue weighted by atomic mass is 10.1. The predicted molar refractivity (Wildman–Crippen MR) is 111 cm³/mol. The number of benzene rings is 2. The fraction of sp³-hybridized carbons (Fsp3) is 0.286. The zero-order chi connectivity index (χ0) is 20.3. The fourth-order valence-electron chi connectivity index (χ4n) is 3.07. The Morgan fingerprint density at radius 3 is 2.54 bits per heavy atom. The van der Waals surface area contributed by atoms with Gasteiger partial charge in [0.05, 0.1) is 11.4 Å². The maximum atomic E-state index is 13.7. The molecule has 1 aliphatic heterocycles. The Bertz CT molecular complexity index is 925. The topological polar surface area (TPSA) is 61.8 Å². The quantitative estimate of drug-likeness (QED) is 0.809. The lowest BCUT2D eigenvalue weighted by molar-refractivity contribution is -0.128. The number of nitrogens with one attached hydrogen (secondary N) is 1. The number of aryl methyl sites for hydroxylation is 2. The Hall–Kier alpha value is -2.67. The van der Waals surface area contributed by atoms with Crippen molar-refractivity contribution in [3.05, 3.63) is 59.4 Å². The second-order valence-electron chi connectivity index (χ2n) is 6.66. The predicted octanol–water partition coefficient (Wildman–Crippen LogP) is 4.42. The van der Waals surface area contributed by atoms with Crippen molar-refractivity contribution in [3.63, 3.8) is 0 Å². The average molecular weight is 399 g/mol. The van der Waals surface area contributed by atoms with E-state index in [1.807, 2.05) is 32.9 Å². The highest BCUT2D eigenvalue weighted by Gasteiger charge is 2.38. The van der Waals surface area contributed by atoms with Crippen LogP contribution < -0.4 is 5.32 Å². The van der Waals surface area contributed by atoms with Crippen molar-refractivity contribution < 1.29 is 14.0 Å². The number of carbonyl (C=O) groups excluding carboxylic acids is 2. The molecule has 0 radical (unpaired) electrons. The summed E-state index contributed by atoms with van der Waals surface area (Å²) in [6.45, 7) is 6.34. The molecule has 2 amide bonds. The van der Waals surface area contributed by atoms with Gasteiger partial charge in [0.1, 0.15) is 11.1 Å². The summed E-state index contributed by atoms with van der Waals surface area (Å²) < 4.78 is 13.7. The number of carbonyl (C=O) groups is 2. The highest BCUT2D eigenvalue weighted by atomic mass is 32.2. The third-order valence-corrected chi connectivity index (χ3v) is 5.46. The van der Waals surface area contributed by atoms with Crippen LogP contribution in [0.25, 0.3) is 0 Å². The lowest BCUT2D eigenvalue weighted by Gasteiger charge is -2.13. The van der Waals surface area contributed by atoms with E-state index in [2.05, 4.69) is 16.4 Å². The lowest BCUT2D eigenvalue weighted by Crippen LogP contribution is -2.33. The van der Waals surface area contributed by atoms with Crippen LogP contribution in [-0.2, 0) is 9.59 Å². The summed E-state index contributed by atoms with van der Waals surface area (Å²) in [4.78, 5) is 31.2. The zero-order valence-corrected chi connectivity index (χ0v) is 16.8. The molecule has 1 unspecified atom stereocenters. The molecule has 1 N–H and O–H groups in total. The first kappa shape index (κ1) is 20.1. The summed E-state index contributed by atoms with van der Waals surface area (Å²) in [7, 11) is 0. The summed E-state index contributed by atoms with van der Waals surface area (Å²) in [6, 6.07) is 11.9. The number of nitrogens with zero attached hydrogens (tertiary/aromatic N) is 2. The molecule has 0 aromatic heterocycles. The molecule has 3 rings (SSSR count). The van der Waals surface area contributed by atoms with Gasteiger partial charge >= 0.3 is 0 Å². The SMILES string of the molecule is CCN1C(=O)C(CC(=O)Nc2ccccc2F)SC1=Nc1cc(C)cc(C)c1. The molecule has 0 spiro atoms. The van der Waals surface area contributed by atoms with E-state index in [0.29, 0.717) is 11.7 Å². The van der Waals surface area contributed by atoms with Gasteiger partial charge in [-0.1, -0.05) is 30.0 Å². The highest BCUT2D eigenvalue weighted by molar-refractivity contribution is 8.15. The van der Waals surface area contributed by atoms with E-state index in [0.717, 1.165) is 16.8 Å². The first-order chi connectivity index (χ1) is 13.4. The van der Waals surface area contributed by atoms with Crippen molar-refractivity contribution >= 4 is 40.1 Å². The molecule has 28 heavy (non-hydrogen) atoms. The maximum absolute atomic E-state index is 13.7. The van der Waals surface area contributed by atoms with E-state index in [9.17, 15) is 14.0 Å². The Labute approximate surface area is 168 Å². The molecule has 0 aliphatic carbocycles. The van der Waals surface area contributed by atoms with Gasteiger partial charge in [-0.05, 0) is 56.2 Å². The molecule has 0 saturated carbocycles. The van der Waals surface area contributed by atoms with E-state index in [-0.39, 0.29) is 18.0 Å². The van der Waals surface area contributed by atoms with Gasteiger partial charge in [-0.15, -0.1) is 0 Å². The first-order valence-corrected chi connectivity index (χ1v) is 9.94. The number of aliphatic imine (C=N–C) groups is 1. The monoisotopic (exact) mass is 399 g/mol. The van der Waals surface area contributed by atoms with Gasteiger partial charge in [0.2, 0.25) is 11.8 Å². The molecule has 7 heteroatoms. The minimum absolute atomic E-state index is 0.0415. The van der Waals surface area contributed by atoms with E-state index in [1.54, 1.807) is 17.0 Å². The summed E-state index contributed by atoms with van der Waals surface area (Å²) >= 11 is 1.27. The molecule has 1 fully saturated rings. The van der Waals surface area contributed by atoms with Crippen LogP contribution in [0.5, 0.6) is 0 Å². The summed E-state index contributed by atoms with van der Waals surface area (Å²) in [5.41, 5.74) is 3.08. The third-order valence-electron chi connectivity index (χ3n) is 4.29. The minimum atomic E-state index is -0.573. The molecule has 1 heterocycles. The number of para-hydroxylation sites is 1. The molecule has 0 bridgehead atoms. The van der Waals surface area contributed by atoms with Crippen LogP contribution in [0.1, 0.15) is 24.5 Å². The maximum Gasteiger partial charge on any atom is 0.242 e. The van der Waals surface area contributed by atoms with E-state index < -0.39 is 17.0 Å². The van der Waals surface area contributed by atoms with Gasteiger partial charge in [0, 0.05) is 13.0 Å². The van der Waals surface area contributed by atoms with E-state index in [1.165, 1.54) is 23.9 Å². The summed E-state index contributed by atoms with van der Waals surface area (Å²) in [6.07, 6.45) is -0.0415. The second-order valence-corrected chi connectivity index (χ2v) is 7.83. The van der Waals surface area contributed by atoms with Crippen LogP contribution in [0.2, 0.25) is 0 Å². The number of amidine groups is 1. The third kappa shape index (κ3) is 4.59. The number of anilines is 1. The minimum Gasteiger partial charge on any atom is -0.324 e. The smallest absolute Gasteiger partial charge is 0.242 e. The molecular weight excluding hydrogens is 377 g/mol. The van der Waals surface area contributed by atoms with Crippen molar-refractivity contribution in [2.45, 2.75) is 32.4 Å². The molecular formula is C21H22FN3O2S. The van der Waals surface area contributed by atoms with Crippen molar-refractivity contribution in [2.24, 2.45) is 4.99 Å². The number of halogens is 1. The number of hydrogen-bond acceptors (Lipinski definition) is 4. The van der Waals surface area contributed by atoms with E-state index in [4.69, 9.17) is 0 Å². The van der Waals surface area contributed by atoms with Crippen LogP contribution in [0, 0.1) is 19.7 Å². The van der Waals surface area contributed by atoms with Gasteiger partial charge < -0.3 is 5.32 Å². The van der Waals surface area contributed by atoms with Crippen molar-refractivity contribution in [1.82, 2.24) is 4.90 Å². The van der Waals surface area contributed by atoms with Crippen LogP contribution in [-0.4, -0.2) is 33.7 Å². The number of hydrogen-bond donors (Lipinski definition) is 1. The highest BCUT2D eigenvalue weighted by Crippen LogP contribution is 2.32. The number of amides is 2. The van der Waals surface area contributed by atoms with Crippen molar-refractivity contribution in [1.29, 1.82) is 0 Å². The largest absolute Gasteiger partial charge is 0.324 e. The van der Waals surface area contributed by atoms with Crippen molar-refractivity contribution in [2.75, 3.05) is 11.9 Å².